The third-order valence-corrected chi connectivity index (χ3v) is 14.5. The number of nitrogens with zero attached hydrogens (tertiary/aromatic N) is 3. The minimum absolute atomic E-state index is 0.0676. The maximum Gasteiger partial charge on any atom is 0.195 e. The lowest BCUT2D eigenvalue weighted by Crippen LogP contribution is -2.40. The van der Waals surface area contributed by atoms with Crippen LogP contribution in [0.15, 0.2) is 133 Å². The van der Waals surface area contributed by atoms with Crippen molar-refractivity contribution in [3.05, 3.63) is 145 Å². The molecule has 0 amide bonds. The highest BCUT2D eigenvalue weighted by molar-refractivity contribution is 8.14. The zero-order valence-electron chi connectivity index (χ0n) is 25.1. The summed E-state index contributed by atoms with van der Waals surface area (Å²) in [5.41, 5.74) is 7.39. The van der Waals surface area contributed by atoms with Crippen LogP contribution in [0.3, 0.4) is 0 Å². The molecule has 214 valence electrons. The van der Waals surface area contributed by atoms with E-state index in [4.69, 9.17) is 11.8 Å². The van der Waals surface area contributed by atoms with Crippen molar-refractivity contribution in [3.63, 3.8) is 0 Å². The second-order valence-electron chi connectivity index (χ2n) is 11.5. The molecule has 0 spiro atoms. The molecule has 3 nitrogen and oxygen atoms in total. The molecule has 7 rings (SSSR count). The maximum absolute atomic E-state index is 7.15. The topological polar surface area (TPSA) is 9.72 Å². The fourth-order valence-corrected chi connectivity index (χ4v) is 11.4. The van der Waals surface area contributed by atoms with Crippen LogP contribution in [0.5, 0.6) is 0 Å². The van der Waals surface area contributed by atoms with Gasteiger partial charge < -0.3 is 9.34 Å². The third kappa shape index (κ3) is 4.40. The molecule has 0 saturated heterocycles. The summed E-state index contributed by atoms with van der Waals surface area (Å²) in [7, 11) is 4.45. The predicted molar refractivity (Wildman–Crippen MR) is 190 cm³/mol. The molecule has 2 atom stereocenters. The SMILES string of the molecule is C[C@@H](c1ccccc1)N([C@@H](C)c1ccccc1)P1(=S)N(C)c2ccc3ccccc3c2-c2c(ccc3ccccc23)N1C. The quantitative estimate of drug-likeness (QED) is 0.183. The van der Waals surface area contributed by atoms with E-state index < -0.39 is 6.49 Å². The van der Waals surface area contributed by atoms with Crippen LogP contribution in [0.25, 0.3) is 32.7 Å². The van der Waals surface area contributed by atoms with E-state index >= 15 is 0 Å². The molecule has 0 radical (unpaired) electrons. The van der Waals surface area contributed by atoms with Gasteiger partial charge in [0.15, 0.2) is 6.49 Å². The number of rotatable bonds is 5. The van der Waals surface area contributed by atoms with E-state index in [2.05, 4.69) is 175 Å². The van der Waals surface area contributed by atoms with Gasteiger partial charge in [-0.25, -0.2) is 4.67 Å². The first-order chi connectivity index (χ1) is 20.9. The standard InChI is InChI=1S/C38H36N3PS/c1-27(29-15-7-5-8-16-29)41(28(2)30-17-9-6-10-18-30)42(43)39(3)35-25-23-31-19-11-13-21-33(31)37(35)38-34-22-14-12-20-32(34)24-26-36(38)40(42)4/h5-28H,1-4H3/t27-,28-/m0/s1. The van der Waals surface area contributed by atoms with E-state index in [1.165, 1.54) is 55.2 Å². The van der Waals surface area contributed by atoms with Gasteiger partial charge in [0.2, 0.25) is 0 Å². The molecule has 43 heavy (non-hydrogen) atoms. The molecule has 1 heterocycles. The van der Waals surface area contributed by atoms with Crippen molar-refractivity contribution in [2.24, 2.45) is 0 Å². The highest BCUT2D eigenvalue weighted by Gasteiger charge is 2.45. The van der Waals surface area contributed by atoms with Crippen LogP contribution in [0.1, 0.15) is 37.1 Å². The zero-order valence-corrected chi connectivity index (χ0v) is 26.8. The molecule has 5 heteroatoms. The van der Waals surface area contributed by atoms with E-state index in [9.17, 15) is 0 Å². The summed E-state index contributed by atoms with van der Waals surface area (Å²) < 4.78 is 7.51. The lowest BCUT2D eigenvalue weighted by Gasteiger charge is -2.51. The van der Waals surface area contributed by atoms with Gasteiger partial charge in [-0.05, 0) is 70.5 Å². The molecule has 0 unspecified atom stereocenters. The predicted octanol–water partition coefficient (Wildman–Crippen LogP) is 10.6. The number of fused-ring (bicyclic) bond motifs is 7. The minimum Gasteiger partial charge on any atom is -0.319 e. The van der Waals surface area contributed by atoms with Crippen molar-refractivity contribution in [1.82, 2.24) is 4.67 Å². The number of anilines is 2. The van der Waals surface area contributed by atoms with Gasteiger partial charge in [0, 0.05) is 37.3 Å². The Morgan fingerprint density at radius 1 is 0.512 bits per heavy atom. The normalized spacial score (nSPS) is 15.7. The van der Waals surface area contributed by atoms with Crippen LogP contribution >= 0.6 is 6.49 Å². The second-order valence-corrected chi connectivity index (χ2v) is 15.6. The van der Waals surface area contributed by atoms with Gasteiger partial charge in [0.25, 0.3) is 0 Å². The van der Waals surface area contributed by atoms with E-state index in [-0.39, 0.29) is 12.1 Å². The van der Waals surface area contributed by atoms with Crippen LogP contribution in [0, 0.1) is 0 Å². The molecular formula is C38H36N3PS. The Balaban J connectivity index is 1.57. The summed E-state index contributed by atoms with van der Waals surface area (Å²) in [5.74, 6) is 0. The van der Waals surface area contributed by atoms with E-state index in [1.54, 1.807) is 0 Å². The molecule has 6 aromatic carbocycles. The van der Waals surface area contributed by atoms with Crippen LogP contribution in [-0.2, 0) is 11.8 Å². The Morgan fingerprint density at radius 2 is 0.884 bits per heavy atom. The van der Waals surface area contributed by atoms with E-state index in [0.717, 1.165) is 0 Å². The van der Waals surface area contributed by atoms with Gasteiger partial charge in [0.1, 0.15) is 0 Å². The first-order valence-electron chi connectivity index (χ1n) is 14.9. The largest absolute Gasteiger partial charge is 0.319 e. The van der Waals surface area contributed by atoms with Crippen LogP contribution in [0.2, 0.25) is 0 Å². The molecule has 0 fully saturated rings. The summed E-state index contributed by atoms with van der Waals surface area (Å²) in [5, 5.41) is 4.97. The summed E-state index contributed by atoms with van der Waals surface area (Å²) in [6.45, 7) is 1.96. The molecule has 1 aliphatic heterocycles. The van der Waals surface area contributed by atoms with Gasteiger partial charge in [0.05, 0.1) is 11.4 Å². The molecule has 0 saturated carbocycles. The van der Waals surface area contributed by atoms with Gasteiger partial charge in [-0.15, -0.1) is 0 Å². The second kappa shape index (κ2) is 11.0. The highest BCUT2D eigenvalue weighted by Crippen LogP contribution is 2.68. The molecular weight excluding hydrogens is 561 g/mol. The monoisotopic (exact) mass is 597 g/mol. The number of hydrogen-bond donors (Lipinski definition) is 0. The fraction of sp³-hybridized carbons (Fsp3) is 0.158. The molecule has 0 N–H and O–H groups in total. The fourth-order valence-electron chi connectivity index (χ4n) is 6.93. The average molecular weight is 598 g/mol. The minimum atomic E-state index is -2.68. The van der Waals surface area contributed by atoms with Crippen molar-refractivity contribution in [2.45, 2.75) is 25.9 Å². The Morgan fingerprint density at radius 3 is 1.30 bits per heavy atom. The lowest BCUT2D eigenvalue weighted by molar-refractivity contribution is 0.296. The lowest BCUT2D eigenvalue weighted by atomic mass is 9.91. The molecule has 0 aromatic heterocycles. The summed E-state index contributed by atoms with van der Waals surface area (Å²) in [6, 6.07) is 48.4. The van der Waals surface area contributed by atoms with Crippen molar-refractivity contribution < 1.29 is 0 Å². The van der Waals surface area contributed by atoms with Gasteiger partial charge in [-0.2, -0.15) is 0 Å². The first-order valence-corrected chi connectivity index (χ1v) is 17.6. The molecule has 0 bridgehead atoms. The molecule has 1 aliphatic rings. The summed E-state index contributed by atoms with van der Waals surface area (Å²) in [6.07, 6.45) is 0. The van der Waals surface area contributed by atoms with Crippen molar-refractivity contribution in [1.29, 1.82) is 0 Å². The first kappa shape index (κ1) is 27.9. The Kier molecular flexibility index (Phi) is 7.10. The summed E-state index contributed by atoms with van der Waals surface area (Å²) >= 11 is 7.15. The van der Waals surface area contributed by atoms with Gasteiger partial charge in [-0.1, -0.05) is 121 Å². The van der Waals surface area contributed by atoms with Gasteiger partial charge >= 0.3 is 0 Å². The van der Waals surface area contributed by atoms with Gasteiger partial charge in [-0.3, -0.25) is 0 Å². The van der Waals surface area contributed by atoms with Crippen molar-refractivity contribution in [2.75, 3.05) is 23.4 Å². The Hall–Kier alpha value is -3.95. The highest BCUT2D eigenvalue weighted by atomic mass is 32.4. The third-order valence-electron chi connectivity index (χ3n) is 9.20. The number of hydrogen-bond acceptors (Lipinski definition) is 1. The van der Waals surface area contributed by atoms with Crippen LogP contribution in [0.4, 0.5) is 11.4 Å². The smallest absolute Gasteiger partial charge is 0.195 e. The Labute approximate surface area is 260 Å². The van der Waals surface area contributed by atoms with E-state index in [1.807, 2.05) is 0 Å². The molecule has 6 aromatic rings. The van der Waals surface area contributed by atoms with E-state index in [0.29, 0.717) is 0 Å². The van der Waals surface area contributed by atoms with Crippen molar-refractivity contribution in [3.8, 4) is 11.1 Å². The number of benzene rings is 6. The summed E-state index contributed by atoms with van der Waals surface area (Å²) in [4.78, 5) is 0. The molecule has 0 aliphatic carbocycles. The van der Waals surface area contributed by atoms with Crippen LogP contribution in [-0.4, -0.2) is 18.8 Å². The zero-order chi connectivity index (χ0) is 29.7. The van der Waals surface area contributed by atoms with Crippen molar-refractivity contribution >= 4 is 51.2 Å². The Bertz CT molecular complexity index is 1850. The average Bonchev–Trinajstić information content (AvgIpc) is 3.13. The maximum atomic E-state index is 7.15. The van der Waals surface area contributed by atoms with Crippen LogP contribution < -0.4 is 9.34 Å².